The number of halogens is 1. The summed E-state index contributed by atoms with van der Waals surface area (Å²) in [4.78, 5) is 0. The lowest BCUT2D eigenvalue weighted by atomic mass is 9.82. The molecule has 0 saturated heterocycles. The van der Waals surface area contributed by atoms with E-state index in [2.05, 4.69) is 0 Å². The Morgan fingerprint density at radius 2 is 1.67 bits per heavy atom. The molecule has 0 saturated carbocycles. The van der Waals surface area contributed by atoms with Crippen molar-refractivity contribution in [3.05, 3.63) is 29.3 Å². The third-order valence-corrected chi connectivity index (χ3v) is 4.69. The molecule has 120 valence electrons. The van der Waals surface area contributed by atoms with Crippen LogP contribution in [0.25, 0.3) is 0 Å². The third kappa shape index (κ3) is 6.68. The normalized spacial score (nSPS) is 12.4. The average Bonchev–Trinajstić information content (AvgIpc) is 2.37. The van der Waals surface area contributed by atoms with E-state index in [1.54, 1.807) is 24.3 Å². The first-order valence-corrected chi connectivity index (χ1v) is 9.28. The first kappa shape index (κ1) is 18.3. The van der Waals surface area contributed by atoms with Crippen LogP contribution in [0, 0.1) is 5.41 Å². The fourth-order valence-electron chi connectivity index (χ4n) is 2.71. The van der Waals surface area contributed by atoms with Gasteiger partial charge in [-0.1, -0.05) is 38.3 Å². The summed E-state index contributed by atoms with van der Waals surface area (Å²) in [5, 5.41) is 5.91. The van der Waals surface area contributed by atoms with Crippen molar-refractivity contribution in [2.45, 2.75) is 39.5 Å². The van der Waals surface area contributed by atoms with Crippen LogP contribution in [0.5, 0.6) is 5.75 Å². The number of sulfonamides is 1. The van der Waals surface area contributed by atoms with Gasteiger partial charge in [-0.15, -0.1) is 0 Å². The van der Waals surface area contributed by atoms with Crippen LogP contribution < -0.4 is 9.88 Å². The average molecular weight is 334 g/mol. The van der Waals surface area contributed by atoms with Crippen molar-refractivity contribution < 1.29 is 13.2 Å². The van der Waals surface area contributed by atoms with Gasteiger partial charge in [-0.2, -0.15) is 0 Å². The standard InChI is InChI=1S/C15H24ClNO3S/c1-3-9-15(10-4-2,12-21(17,18)19)11-20-14-7-5-13(16)6-8-14/h5-8H,3-4,9-12H2,1-2H3,(H2,17,18,19). The number of nitrogens with two attached hydrogens (primary N) is 1. The highest BCUT2D eigenvalue weighted by Gasteiger charge is 2.33. The molecule has 6 heteroatoms. The molecule has 0 aliphatic heterocycles. The molecule has 0 aromatic heterocycles. The molecule has 0 fully saturated rings. The Morgan fingerprint density at radius 1 is 1.14 bits per heavy atom. The highest BCUT2D eigenvalue weighted by Crippen LogP contribution is 2.32. The maximum absolute atomic E-state index is 11.6. The summed E-state index contributed by atoms with van der Waals surface area (Å²) in [7, 11) is -3.54. The molecule has 1 rings (SSSR count). The lowest BCUT2D eigenvalue weighted by Crippen LogP contribution is -2.38. The van der Waals surface area contributed by atoms with Gasteiger partial charge in [0.2, 0.25) is 10.0 Å². The molecule has 0 unspecified atom stereocenters. The van der Waals surface area contributed by atoms with Crippen molar-refractivity contribution >= 4 is 21.6 Å². The number of primary sulfonamides is 1. The van der Waals surface area contributed by atoms with Crippen LogP contribution >= 0.6 is 11.6 Å². The maximum Gasteiger partial charge on any atom is 0.209 e. The molecule has 2 N–H and O–H groups in total. The number of benzene rings is 1. The molecular formula is C15H24ClNO3S. The quantitative estimate of drug-likeness (QED) is 0.750. The Balaban J connectivity index is 2.86. The van der Waals surface area contributed by atoms with Crippen molar-refractivity contribution in [3.63, 3.8) is 0 Å². The summed E-state index contributed by atoms with van der Waals surface area (Å²) in [6.07, 6.45) is 3.31. The van der Waals surface area contributed by atoms with Gasteiger partial charge in [-0.25, -0.2) is 13.6 Å². The van der Waals surface area contributed by atoms with Gasteiger partial charge in [-0.05, 0) is 37.1 Å². The van der Waals surface area contributed by atoms with Crippen LogP contribution in [-0.2, 0) is 10.0 Å². The fourth-order valence-corrected chi connectivity index (χ4v) is 4.06. The van der Waals surface area contributed by atoms with Crippen LogP contribution in [0.4, 0.5) is 0 Å². The van der Waals surface area contributed by atoms with Gasteiger partial charge < -0.3 is 4.74 Å². The monoisotopic (exact) mass is 333 g/mol. The molecule has 0 aliphatic rings. The molecule has 0 amide bonds. The molecule has 0 heterocycles. The van der Waals surface area contributed by atoms with Crippen molar-refractivity contribution in [1.82, 2.24) is 0 Å². The largest absolute Gasteiger partial charge is 0.493 e. The van der Waals surface area contributed by atoms with Crippen LogP contribution in [0.2, 0.25) is 5.02 Å². The molecule has 0 radical (unpaired) electrons. The van der Waals surface area contributed by atoms with E-state index in [1.807, 2.05) is 13.8 Å². The predicted octanol–water partition coefficient (Wildman–Crippen LogP) is 3.59. The zero-order chi connectivity index (χ0) is 15.9. The second-order valence-electron chi connectivity index (χ2n) is 5.55. The minimum Gasteiger partial charge on any atom is -0.493 e. The molecule has 0 bridgehead atoms. The zero-order valence-corrected chi connectivity index (χ0v) is 14.2. The Bertz CT molecular complexity index is 522. The fraction of sp³-hybridized carbons (Fsp3) is 0.600. The number of hydrogen-bond acceptors (Lipinski definition) is 3. The smallest absolute Gasteiger partial charge is 0.209 e. The summed E-state index contributed by atoms with van der Waals surface area (Å²) in [6, 6.07) is 7.06. The summed E-state index contributed by atoms with van der Waals surface area (Å²) < 4.78 is 28.9. The van der Waals surface area contributed by atoms with E-state index < -0.39 is 15.4 Å². The second-order valence-corrected chi connectivity index (χ2v) is 7.60. The molecule has 1 aromatic carbocycles. The van der Waals surface area contributed by atoms with Gasteiger partial charge in [0.1, 0.15) is 5.75 Å². The van der Waals surface area contributed by atoms with Crippen LogP contribution in [0.3, 0.4) is 0 Å². The van der Waals surface area contributed by atoms with Crippen LogP contribution in [0.15, 0.2) is 24.3 Å². The molecule has 0 aliphatic carbocycles. The van der Waals surface area contributed by atoms with E-state index in [1.165, 1.54) is 0 Å². The Kier molecular flexibility index (Phi) is 6.97. The van der Waals surface area contributed by atoms with Gasteiger partial charge in [0.25, 0.3) is 0 Å². The maximum atomic E-state index is 11.6. The Morgan fingerprint density at radius 3 is 2.10 bits per heavy atom. The van der Waals surface area contributed by atoms with E-state index in [0.29, 0.717) is 17.4 Å². The van der Waals surface area contributed by atoms with E-state index in [-0.39, 0.29) is 5.75 Å². The van der Waals surface area contributed by atoms with Crippen molar-refractivity contribution in [2.24, 2.45) is 10.6 Å². The minimum absolute atomic E-state index is 0.0464. The van der Waals surface area contributed by atoms with Gasteiger partial charge in [0.15, 0.2) is 0 Å². The second kappa shape index (κ2) is 8.01. The molecule has 21 heavy (non-hydrogen) atoms. The number of hydrogen-bond donors (Lipinski definition) is 1. The summed E-state index contributed by atoms with van der Waals surface area (Å²) >= 11 is 5.84. The highest BCUT2D eigenvalue weighted by molar-refractivity contribution is 7.89. The van der Waals surface area contributed by atoms with E-state index >= 15 is 0 Å². The molecule has 1 aromatic rings. The van der Waals surface area contributed by atoms with E-state index in [9.17, 15) is 8.42 Å². The summed E-state index contributed by atoms with van der Waals surface area (Å²) in [6.45, 7) is 4.42. The number of rotatable bonds is 9. The first-order valence-electron chi connectivity index (χ1n) is 7.19. The lowest BCUT2D eigenvalue weighted by molar-refractivity contribution is 0.141. The minimum atomic E-state index is -3.54. The van der Waals surface area contributed by atoms with Gasteiger partial charge >= 0.3 is 0 Å². The lowest BCUT2D eigenvalue weighted by Gasteiger charge is -2.32. The van der Waals surface area contributed by atoms with Crippen LogP contribution in [-0.4, -0.2) is 20.8 Å². The molecule has 4 nitrogen and oxygen atoms in total. The van der Waals surface area contributed by atoms with Crippen molar-refractivity contribution in [2.75, 3.05) is 12.4 Å². The van der Waals surface area contributed by atoms with Crippen molar-refractivity contribution in [3.8, 4) is 5.75 Å². The molecule has 0 spiro atoms. The highest BCUT2D eigenvalue weighted by atomic mass is 35.5. The third-order valence-electron chi connectivity index (χ3n) is 3.43. The molecular weight excluding hydrogens is 310 g/mol. The van der Waals surface area contributed by atoms with Gasteiger partial charge in [0.05, 0.1) is 12.4 Å². The Labute approximate surface area is 132 Å². The summed E-state index contributed by atoms with van der Waals surface area (Å²) in [5.41, 5.74) is -0.434. The topological polar surface area (TPSA) is 69.4 Å². The zero-order valence-electron chi connectivity index (χ0n) is 12.6. The SMILES string of the molecule is CCCC(CCC)(COc1ccc(Cl)cc1)CS(N)(=O)=O. The van der Waals surface area contributed by atoms with Crippen LogP contribution in [0.1, 0.15) is 39.5 Å². The predicted molar refractivity (Wildman–Crippen MR) is 87.2 cm³/mol. The summed E-state index contributed by atoms with van der Waals surface area (Å²) in [5.74, 6) is 0.639. The van der Waals surface area contributed by atoms with Gasteiger partial charge in [0, 0.05) is 10.4 Å². The first-order chi connectivity index (χ1) is 9.80. The van der Waals surface area contributed by atoms with Gasteiger partial charge in [-0.3, -0.25) is 0 Å². The van der Waals surface area contributed by atoms with E-state index in [4.69, 9.17) is 21.5 Å². The Hall–Kier alpha value is -0.780. The van der Waals surface area contributed by atoms with Crippen molar-refractivity contribution in [1.29, 1.82) is 0 Å². The number of ether oxygens (including phenoxy) is 1. The van der Waals surface area contributed by atoms with E-state index in [0.717, 1.165) is 25.7 Å². The molecule has 0 atom stereocenters.